The maximum absolute atomic E-state index is 5.90. The van der Waals surface area contributed by atoms with E-state index in [0.717, 1.165) is 24.5 Å². The third kappa shape index (κ3) is 1.97. The van der Waals surface area contributed by atoms with E-state index < -0.39 is 0 Å². The minimum atomic E-state index is 0.800. The summed E-state index contributed by atoms with van der Waals surface area (Å²) in [4.78, 5) is 6.39. The first-order chi connectivity index (χ1) is 6.88. The highest BCUT2D eigenvalue weighted by Crippen LogP contribution is 2.24. The first-order valence-electron chi connectivity index (χ1n) is 5.32. The Hall–Kier alpha value is -1.25. The van der Waals surface area contributed by atoms with Crippen molar-refractivity contribution in [3.63, 3.8) is 0 Å². The van der Waals surface area contributed by atoms with Crippen molar-refractivity contribution in [2.24, 2.45) is 0 Å². The largest absolute Gasteiger partial charge is 0.396 e. The molecule has 0 spiro atoms. The van der Waals surface area contributed by atoms with Crippen LogP contribution in [0.2, 0.25) is 0 Å². The lowest BCUT2D eigenvalue weighted by atomic mass is 10.2. The normalized spacial score (nSPS) is 17.9. The molecule has 1 aliphatic heterocycles. The fourth-order valence-corrected chi connectivity index (χ4v) is 2.00. The third-order valence-electron chi connectivity index (χ3n) is 2.77. The molecule has 0 bridgehead atoms. The maximum Gasteiger partial charge on any atom is 0.0738 e. The van der Waals surface area contributed by atoms with Crippen LogP contribution >= 0.6 is 0 Å². The molecule has 14 heavy (non-hydrogen) atoms. The van der Waals surface area contributed by atoms with Gasteiger partial charge in [0.15, 0.2) is 0 Å². The standard InChI is InChI=1S/C11H17N3/c12-10-9-13-6-5-11(10)14-7-3-1-2-4-8-14/h5-6,9H,1-4,7-8,12H2. The summed E-state index contributed by atoms with van der Waals surface area (Å²) in [6, 6.07) is 2.01. The van der Waals surface area contributed by atoms with E-state index in [1.54, 1.807) is 6.20 Å². The van der Waals surface area contributed by atoms with Crippen LogP contribution in [0.5, 0.6) is 0 Å². The van der Waals surface area contributed by atoms with Gasteiger partial charge in [-0.05, 0) is 18.9 Å². The molecule has 3 heteroatoms. The lowest BCUT2D eigenvalue weighted by Gasteiger charge is -2.23. The maximum atomic E-state index is 5.90. The van der Waals surface area contributed by atoms with E-state index in [0.29, 0.717) is 0 Å². The average Bonchev–Trinajstić information content (AvgIpc) is 2.47. The Morgan fingerprint density at radius 3 is 2.50 bits per heavy atom. The predicted molar refractivity (Wildman–Crippen MR) is 59.3 cm³/mol. The van der Waals surface area contributed by atoms with Crippen LogP contribution in [0.4, 0.5) is 11.4 Å². The molecule has 1 fully saturated rings. The van der Waals surface area contributed by atoms with Crippen LogP contribution in [-0.2, 0) is 0 Å². The molecule has 3 nitrogen and oxygen atoms in total. The van der Waals surface area contributed by atoms with Crippen molar-refractivity contribution in [1.29, 1.82) is 0 Å². The number of anilines is 2. The summed E-state index contributed by atoms with van der Waals surface area (Å²) in [7, 11) is 0. The summed E-state index contributed by atoms with van der Waals surface area (Å²) in [6.07, 6.45) is 8.81. The van der Waals surface area contributed by atoms with Crippen LogP contribution in [-0.4, -0.2) is 18.1 Å². The molecule has 0 atom stereocenters. The van der Waals surface area contributed by atoms with Crippen LogP contribution in [0.3, 0.4) is 0 Å². The molecule has 76 valence electrons. The highest BCUT2D eigenvalue weighted by molar-refractivity contribution is 5.65. The Kier molecular flexibility index (Phi) is 2.87. The third-order valence-corrected chi connectivity index (χ3v) is 2.77. The van der Waals surface area contributed by atoms with Crippen molar-refractivity contribution in [3.8, 4) is 0 Å². The Morgan fingerprint density at radius 1 is 1.14 bits per heavy atom. The summed E-state index contributed by atoms with van der Waals surface area (Å²) in [6.45, 7) is 2.27. The van der Waals surface area contributed by atoms with Crippen LogP contribution in [0.15, 0.2) is 18.5 Å². The van der Waals surface area contributed by atoms with E-state index in [4.69, 9.17) is 5.73 Å². The molecule has 0 aromatic carbocycles. The smallest absolute Gasteiger partial charge is 0.0738 e. The van der Waals surface area contributed by atoms with Gasteiger partial charge in [0.1, 0.15) is 0 Å². The molecule has 1 aromatic heterocycles. The van der Waals surface area contributed by atoms with E-state index in [1.165, 1.54) is 25.7 Å². The molecule has 2 N–H and O–H groups in total. The van der Waals surface area contributed by atoms with Gasteiger partial charge in [0.05, 0.1) is 17.6 Å². The van der Waals surface area contributed by atoms with E-state index in [-0.39, 0.29) is 0 Å². The SMILES string of the molecule is Nc1cnccc1N1CCCCCC1. The molecule has 2 heterocycles. The fraction of sp³-hybridized carbons (Fsp3) is 0.545. The van der Waals surface area contributed by atoms with Gasteiger partial charge < -0.3 is 10.6 Å². The molecule has 0 amide bonds. The molecule has 2 rings (SSSR count). The quantitative estimate of drug-likeness (QED) is 0.738. The first-order valence-corrected chi connectivity index (χ1v) is 5.32. The molecule has 0 unspecified atom stereocenters. The van der Waals surface area contributed by atoms with Gasteiger partial charge >= 0.3 is 0 Å². The van der Waals surface area contributed by atoms with E-state index in [1.807, 2.05) is 12.3 Å². The van der Waals surface area contributed by atoms with Crippen molar-refractivity contribution in [2.75, 3.05) is 23.7 Å². The van der Waals surface area contributed by atoms with Crippen LogP contribution < -0.4 is 10.6 Å². The van der Waals surface area contributed by atoms with Crippen LogP contribution in [0.1, 0.15) is 25.7 Å². The summed E-state index contributed by atoms with van der Waals surface area (Å²) in [5.41, 5.74) is 7.85. The highest BCUT2D eigenvalue weighted by Gasteiger charge is 2.11. The zero-order valence-corrected chi connectivity index (χ0v) is 8.45. The molecule has 0 saturated carbocycles. The van der Waals surface area contributed by atoms with E-state index >= 15 is 0 Å². The lowest BCUT2D eigenvalue weighted by molar-refractivity contribution is 0.726. The Morgan fingerprint density at radius 2 is 1.86 bits per heavy atom. The molecule has 0 radical (unpaired) electrons. The van der Waals surface area contributed by atoms with Crippen molar-refractivity contribution in [2.45, 2.75) is 25.7 Å². The number of nitrogen functional groups attached to an aromatic ring is 1. The van der Waals surface area contributed by atoms with Crippen molar-refractivity contribution >= 4 is 11.4 Å². The number of hydrogen-bond donors (Lipinski definition) is 1. The fourth-order valence-electron chi connectivity index (χ4n) is 2.00. The summed E-state index contributed by atoms with van der Waals surface area (Å²) in [5, 5.41) is 0. The minimum absolute atomic E-state index is 0.800. The van der Waals surface area contributed by atoms with Crippen LogP contribution in [0.25, 0.3) is 0 Å². The average molecular weight is 191 g/mol. The van der Waals surface area contributed by atoms with Gasteiger partial charge in [-0.2, -0.15) is 0 Å². The van der Waals surface area contributed by atoms with Crippen molar-refractivity contribution < 1.29 is 0 Å². The number of aromatic nitrogens is 1. The van der Waals surface area contributed by atoms with Gasteiger partial charge in [0.2, 0.25) is 0 Å². The minimum Gasteiger partial charge on any atom is -0.396 e. The Bertz CT molecular complexity index is 290. The molecule has 1 saturated heterocycles. The van der Waals surface area contributed by atoms with Gasteiger partial charge in [-0.1, -0.05) is 12.8 Å². The molecular weight excluding hydrogens is 174 g/mol. The molecule has 1 aliphatic rings. The van der Waals surface area contributed by atoms with Crippen molar-refractivity contribution in [3.05, 3.63) is 18.5 Å². The summed E-state index contributed by atoms with van der Waals surface area (Å²) in [5.74, 6) is 0. The second-order valence-electron chi connectivity index (χ2n) is 3.84. The topological polar surface area (TPSA) is 42.1 Å². The summed E-state index contributed by atoms with van der Waals surface area (Å²) < 4.78 is 0. The van der Waals surface area contributed by atoms with Gasteiger partial charge in [-0.25, -0.2) is 0 Å². The first kappa shape index (κ1) is 9.31. The molecule has 1 aromatic rings. The second-order valence-corrected chi connectivity index (χ2v) is 3.84. The van der Waals surface area contributed by atoms with E-state index in [2.05, 4.69) is 9.88 Å². The lowest BCUT2D eigenvalue weighted by Crippen LogP contribution is -2.24. The van der Waals surface area contributed by atoms with Gasteiger partial charge in [-0.3, -0.25) is 4.98 Å². The van der Waals surface area contributed by atoms with Crippen molar-refractivity contribution in [1.82, 2.24) is 4.98 Å². The predicted octanol–water partition coefficient (Wildman–Crippen LogP) is 2.04. The molecule has 0 aliphatic carbocycles. The van der Waals surface area contributed by atoms with Gasteiger partial charge in [-0.15, -0.1) is 0 Å². The number of nitrogens with zero attached hydrogens (tertiary/aromatic N) is 2. The van der Waals surface area contributed by atoms with E-state index in [9.17, 15) is 0 Å². The summed E-state index contributed by atoms with van der Waals surface area (Å²) >= 11 is 0. The number of rotatable bonds is 1. The number of hydrogen-bond acceptors (Lipinski definition) is 3. The highest BCUT2D eigenvalue weighted by atomic mass is 15.1. The van der Waals surface area contributed by atoms with Gasteiger partial charge in [0.25, 0.3) is 0 Å². The zero-order valence-electron chi connectivity index (χ0n) is 8.45. The monoisotopic (exact) mass is 191 g/mol. The zero-order chi connectivity index (χ0) is 9.80. The second kappa shape index (κ2) is 4.31. The Labute approximate surface area is 84.9 Å². The number of pyridine rings is 1. The molecular formula is C11H17N3. The number of nitrogens with two attached hydrogens (primary N) is 1. The Balaban J connectivity index is 2.16. The van der Waals surface area contributed by atoms with Crippen LogP contribution in [0, 0.1) is 0 Å². The van der Waals surface area contributed by atoms with Gasteiger partial charge in [0, 0.05) is 19.3 Å².